The Hall–Kier alpha value is -1.35. The Morgan fingerprint density at radius 3 is 2.43 bits per heavy atom. The molecule has 0 aromatic heterocycles. The van der Waals surface area contributed by atoms with Crippen LogP contribution in [0.2, 0.25) is 0 Å². The summed E-state index contributed by atoms with van der Waals surface area (Å²) in [7, 11) is 0. The summed E-state index contributed by atoms with van der Waals surface area (Å²) < 4.78 is 0. The van der Waals surface area contributed by atoms with Crippen LogP contribution in [-0.2, 0) is 6.42 Å². The molecule has 1 heterocycles. The second-order valence-corrected chi connectivity index (χ2v) is 5.99. The van der Waals surface area contributed by atoms with Gasteiger partial charge in [-0.3, -0.25) is 4.79 Å². The van der Waals surface area contributed by atoms with E-state index in [4.69, 9.17) is 0 Å². The molecule has 1 aromatic carbocycles. The van der Waals surface area contributed by atoms with Gasteiger partial charge in [-0.05, 0) is 56.0 Å². The number of likely N-dealkylation sites (tertiary alicyclic amines) is 1. The zero-order valence-electron chi connectivity index (χ0n) is 13.4. The summed E-state index contributed by atoms with van der Waals surface area (Å²) in [6, 6.07) is 8.15. The van der Waals surface area contributed by atoms with Crippen molar-refractivity contribution < 1.29 is 4.79 Å². The maximum atomic E-state index is 12.5. The second-order valence-electron chi connectivity index (χ2n) is 5.99. The number of amides is 1. The van der Waals surface area contributed by atoms with E-state index in [1.165, 1.54) is 5.56 Å². The van der Waals surface area contributed by atoms with Gasteiger partial charge in [0, 0.05) is 18.7 Å². The number of hydrogen-bond acceptors (Lipinski definition) is 2. The minimum Gasteiger partial charge on any atom is -0.339 e. The third kappa shape index (κ3) is 4.57. The highest BCUT2D eigenvalue weighted by atomic mass is 16.2. The van der Waals surface area contributed by atoms with Gasteiger partial charge >= 0.3 is 0 Å². The van der Waals surface area contributed by atoms with E-state index in [9.17, 15) is 4.79 Å². The minimum atomic E-state index is 0.194. The highest BCUT2D eigenvalue weighted by Crippen LogP contribution is 2.19. The lowest BCUT2D eigenvalue weighted by Gasteiger charge is -2.32. The van der Waals surface area contributed by atoms with Gasteiger partial charge in [0.25, 0.3) is 5.91 Å². The number of benzene rings is 1. The fourth-order valence-electron chi connectivity index (χ4n) is 2.97. The van der Waals surface area contributed by atoms with Crippen LogP contribution in [0.1, 0.15) is 49.0 Å². The first-order valence-corrected chi connectivity index (χ1v) is 8.33. The summed E-state index contributed by atoms with van der Waals surface area (Å²) in [5.41, 5.74) is 2.15. The van der Waals surface area contributed by atoms with Crippen molar-refractivity contribution in [1.82, 2.24) is 10.2 Å². The fraction of sp³-hybridized carbons (Fsp3) is 0.611. The molecule has 3 nitrogen and oxygen atoms in total. The lowest BCUT2D eigenvalue weighted by Crippen LogP contribution is -2.40. The van der Waals surface area contributed by atoms with Gasteiger partial charge in [-0.15, -0.1) is 0 Å². The molecule has 1 N–H and O–H groups in total. The van der Waals surface area contributed by atoms with Crippen LogP contribution in [0.25, 0.3) is 0 Å². The van der Waals surface area contributed by atoms with E-state index in [0.717, 1.165) is 63.3 Å². The Morgan fingerprint density at radius 2 is 1.86 bits per heavy atom. The van der Waals surface area contributed by atoms with Crippen molar-refractivity contribution in [1.29, 1.82) is 0 Å². The maximum Gasteiger partial charge on any atom is 0.253 e. The Morgan fingerprint density at radius 1 is 1.19 bits per heavy atom. The largest absolute Gasteiger partial charge is 0.339 e. The predicted molar refractivity (Wildman–Crippen MR) is 87.6 cm³/mol. The molecular formula is C18H28N2O. The van der Waals surface area contributed by atoms with Gasteiger partial charge in [0.05, 0.1) is 0 Å². The van der Waals surface area contributed by atoms with E-state index in [0.29, 0.717) is 0 Å². The van der Waals surface area contributed by atoms with E-state index in [2.05, 4.69) is 31.3 Å². The van der Waals surface area contributed by atoms with Crippen molar-refractivity contribution in [3.05, 3.63) is 35.4 Å². The molecule has 1 saturated heterocycles. The van der Waals surface area contributed by atoms with Gasteiger partial charge in [0.1, 0.15) is 0 Å². The van der Waals surface area contributed by atoms with Crippen molar-refractivity contribution in [3.8, 4) is 0 Å². The fourth-order valence-corrected chi connectivity index (χ4v) is 2.97. The molecule has 1 aromatic rings. The van der Waals surface area contributed by atoms with Crippen molar-refractivity contribution >= 4 is 5.91 Å². The standard InChI is InChI=1S/C18H28N2O/c1-3-5-15-6-8-17(9-7-15)18(21)20-12-10-16(11-13-20)14-19-4-2/h6-9,16,19H,3-5,10-14H2,1-2H3. The van der Waals surface area contributed by atoms with Crippen LogP contribution in [0.4, 0.5) is 0 Å². The lowest BCUT2D eigenvalue weighted by atomic mass is 9.96. The van der Waals surface area contributed by atoms with Gasteiger partial charge < -0.3 is 10.2 Å². The van der Waals surface area contributed by atoms with Crippen LogP contribution in [0.3, 0.4) is 0 Å². The van der Waals surface area contributed by atoms with Crippen molar-refractivity contribution in [3.63, 3.8) is 0 Å². The molecular weight excluding hydrogens is 260 g/mol. The first kappa shape index (κ1) is 16.0. The summed E-state index contributed by atoms with van der Waals surface area (Å²) in [5.74, 6) is 0.917. The van der Waals surface area contributed by atoms with Gasteiger partial charge in [-0.25, -0.2) is 0 Å². The van der Waals surface area contributed by atoms with Crippen LogP contribution in [0.5, 0.6) is 0 Å². The Bertz CT molecular complexity index is 433. The topological polar surface area (TPSA) is 32.3 Å². The normalized spacial score (nSPS) is 16.2. The number of nitrogens with one attached hydrogen (secondary N) is 1. The first-order chi connectivity index (χ1) is 10.2. The molecule has 0 unspecified atom stereocenters. The summed E-state index contributed by atoms with van der Waals surface area (Å²) in [4.78, 5) is 14.5. The monoisotopic (exact) mass is 288 g/mol. The van der Waals surface area contributed by atoms with E-state index in [-0.39, 0.29) is 5.91 Å². The quantitative estimate of drug-likeness (QED) is 0.872. The Balaban J connectivity index is 1.86. The maximum absolute atomic E-state index is 12.5. The molecule has 116 valence electrons. The van der Waals surface area contributed by atoms with Crippen molar-refractivity contribution in [2.75, 3.05) is 26.2 Å². The van der Waals surface area contributed by atoms with E-state index < -0.39 is 0 Å². The number of rotatable bonds is 6. The molecule has 1 aliphatic heterocycles. The van der Waals surface area contributed by atoms with Crippen LogP contribution < -0.4 is 5.32 Å². The van der Waals surface area contributed by atoms with Crippen LogP contribution in [-0.4, -0.2) is 37.0 Å². The average molecular weight is 288 g/mol. The predicted octanol–water partition coefficient (Wildman–Crippen LogP) is 3.10. The number of piperidine rings is 1. The molecule has 0 atom stereocenters. The Labute approximate surface area is 128 Å². The highest BCUT2D eigenvalue weighted by Gasteiger charge is 2.23. The average Bonchev–Trinajstić information content (AvgIpc) is 2.54. The van der Waals surface area contributed by atoms with Crippen LogP contribution in [0, 0.1) is 5.92 Å². The zero-order chi connectivity index (χ0) is 15.1. The van der Waals surface area contributed by atoms with E-state index >= 15 is 0 Å². The molecule has 0 bridgehead atoms. The van der Waals surface area contributed by atoms with E-state index in [1.54, 1.807) is 0 Å². The SMILES string of the molecule is CCCc1ccc(C(=O)N2CCC(CNCC)CC2)cc1. The summed E-state index contributed by atoms with van der Waals surface area (Å²) >= 11 is 0. The number of carbonyl (C=O) groups excluding carboxylic acids is 1. The minimum absolute atomic E-state index is 0.194. The number of nitrogens with zero attached hydrogens (tertiary/aromatic N) is 1. The lowest BCUT2D eigenvalue weighted by molar-refractivity contribution is 0.0690. The van der Waals surface area contributed by atoms with Crippen molar-refractivity contribution in [2.45, 2.75) is 39.5 Å². The van der Waals surface area contributed by atoms with Gasteiger partial charge in [-0.1, -0.05) is 32.4 Å². The molecule has 1 amide bonds. The molecule has 2 rings (SSSR count). The van der Waals surface area contributed by atoms with Gasteiger partial charge in [-0.2, -0.15) is 0 Å². The Kier molecular flexibility index (Phi) is 6.24. The molecule has 0 aliphatic carbocycles. The number of carbonyl (C=O) groups is 1. The number of aryl methyl sites for hydroxylation is 1. The zero-order valence-corrected chi connectivity index (χ0v) is 13.4. The first-order valence-electron chi connectivity index (χ1n) is 8.33. The number of hydrogen-bond donors (Lipinski definition) is 1. The highest BCUT2D eigenvalue weighted by molar-refractivity contribution is 5.94. The molecule has 0 radical (unpaired) electrons. The molecule has 0 saturated carbocycles. The van der Waals surface area contributed by atoms with Gasteiger partial charge in [0.15, 0.2) is 0 Å². The summed E-state index contributed by atoms with van der Waals surface area (Å²) in [5, 5.41) is 3.41. The molecule has 3 heteroatoms. The summed E-state index contributed by atoms with van der Waals surface area (Å²) in [6.45, 7) is 8.22. The van der Waals surface area contributed by atoms with Crippen LogP contribution in [0.15, 0.2) is 24.3 Å². The molecule has 1 aliphatic rings. The van der Waals surface area contributed by atoms with Gasteiger partial charge in [0.2, 0.25) is 0 Å². The molecule has 21 heavy (non-hydrogen) atoms. The van der Waals surface area contributed by atoms with E-state index in [1.807, 2.05) is 17.0 Å². The smallest absolute Gasteiger partial charge is 0.253 e. The van der Waals surface area contributed by atoms with Crippen LogP contribution >= 0.6 is 0 Å². The van der Waals surface area contributed by atoms with Crippen molar-refractivity contribution in [2.24, 2.45) is 5.92 Å². The second kappa shape index (κ2) is 8.18. The third-order valence-electron chi connectivity index (χ3n) is 4.32. The molecule has 0 spiro atoms. The summed E-state index contributed by atoms with van der Waals surface area (Å²) in [6.07, 6.45) is 4.47. The molecule has 1 fully saturated rings. The third-order valence-corrected chi connectivity index (χ3v) is 4.32.